The molecule has 0 aliphatic carbocycles. The molecule has 0 saturated heterocycles. The second kappa shape index (κ2) is 9.24. The third-order valence-electron chi connectivity index (χ3n) is 3.81. The highest BCUT2D eigenvalue weighted by Gasteiger charge is 2.08. The number of rotatable bonds is 9. The topological polar surface area (TPSA) is 0 Å². The van der Waals surface area contributed by atoms with Crippen molar-refractivity contribution >= 4 is 0 Å². The van der Waals surface area contributed by atoms with Gasteiger partial charge in [0, 0.05) is 0 Å². The summed E-state index contributed by atoms with van der Waals surface area (Å²) in [4.78, 5) is 0. The maximum absolute atomic E-state index is 2.42. The van der Waals surface area contributed by atoms with Crippen LogP contribution in [0.15, 0.2) is 0 Å². The van der Waals surface area contributed by atoms with Crippen LogP contribution in [0.1, 0.15) is 79.6 Å². The van der Waals surface area contributed by atoms with Gasteiger partial charge in [-0.05, 0) is 17.8 Å². The molecule has 0 heterocycles. The Labute approximate surface area is 97.8 Å². The van der Waals surface area contributed by atoms with Crippen LogP contribution in [0.3, 0.4) is 0 Å². The summed E-state index contributed by atoms with van der Waals surface area (Å²) >= 11 is 0. The molecule has 2 unspecified atom stereocenters. The van der Waals surface area contributed by atoms with E-state index in [1.807, 2.05) is 0 Å². The Bertz CT molecular complexity index is 126. The predicted molar refractivity (Wildman–Crippen MR) is 71.2 cm³/mol. The molecule has 0 bridgehead atoms. The first-order valence-electron chi connectivity index (χ1n) is 7.07. The van der Waals surface area contributed by atoms with Gasteiger partial charge in [-0.15, -0.1) is 0 Å². The Morgan fingerprint density at radius 2 is 1.20 bits per heavy atom. The number of hydrogen-bond acceptors (Lipinski definition) is 0. The minimum atomic E-state index is 0.893. The zero-order valence-corrected chi connectivity index (χ0v) is 11.7. The maximum atomic E-state index is 2.42. The summed E-state index contributed by atoms with van der Waals surface area (Å²) in [5, 5.41) is 0. The molecule has 0 radical (unpaired) electrons. The van der Waals surface area contributed by atoms with Crippen LogP contribution in [0, 0.1) is 17.8 Å². The molecule has 0 aromatic heterocycles. The van der Waals surface area contributed by atoms with Crippen LogP contribution in [0.5, 0.6) is 0 Å². The van der Waals surface area contributed by atoms with E-state index in [-0.39, 0.29) is 0 Å². The fourth-order valence-electron chi connectivity index (χ4n) is 2.06. The first-order chi connectivity index (χ1) is 7.07. The van der Waals surface area contributed by atoms with Gasteiger partial charge in [0.1, 0.15) is 0 Å². The Morgan fingerprint density at radius 1 is 0.667 bits per heavy atom. The van der Waals surface area contributed by atoms with Crippen molar-refractivity contribution in [3.8, 4) is 0 Å². The molecule has 0 rings (SSSR count). The van der Waals surface area contributed by atoms with Gasteiger partial charge in [-0.3, -0.25) is 0 Å². The lowest BCUT2D eigenvalue weighted by Crippen LogP contribution is -2.06. The third-order valence-corrected chi connectivity index (χ3v) is 3.81. The second-order valence-electron chi connectivity index (χ2n) is 5.75. The number of unbranched alkanes of at least 4 members (excludes halogenated alkanes) is 3. The Hall–Kier alpha value is 0. The summed E-state index contributed by atoms with van der Waals surface area (Å²) in [6, 6.07) is 0. The van der Waals surface area contributed by atoms with Gasteiger partial charge in [0.25, 0.3) is 0 Å². The first-order valence-corrected chi connectivity index (χ1v) is 7.07. The monoisotopic (exact) mass is 212 g/mol. The normalized spacial score (nSPS) is 15.6. The summed E-state index contributed by atoms with van der Waals surface area (Å²) < 4.78 is 0. The zero-order chi connectivity index (χ0) is 11.7. The fourth-order valence-corrected chi connectivity index (χ4v) is 2.06. The molecule has 15 heavy (non-hydrogen) atoms. The molecule has 92 valence electrons. The SMILES string of the molecule is CCC(C)C(C)CCCCCCC(C)C. The van der Waals surface area contributed by atoms with E-state index in [1.54, 1.807) is 0 Å². The highest BCUT2D eigenvalue weighted by Crippen LogP contribution is 2.21. The minimum Gasteiger partial charge on any atom is -0.0651 e. The van der Waals surface area contributed by atoms with Crippen LogP contribution in [0.4, 0.5) is 0 Å². The van der Waals surface area contributed by atoms with Crippen LogP contribution in [-0.2, 0) is 0 Å². The summed E-state index contributed by atoms with van der Waals surface area (Å²) in [6.45, 7) is 11.8. The van der Waals surface area contributed by atoms with Crippen molar-refractivity contribution in [3.05, 3.63) is 0 Å². The molecule has 0 N–H and O–H groups in total. The van der Waals surface area contributed by atoms with Crippen molar-refractivity contribution in [1.82, 2.24) is 0 Å². The van der Waals surface area contributed by atoms with Crippen molar-refractivity contribution in [2.75, 3.05) is 0 Å². The van der Waals surface area contributed by atoms with Crippen LogP contribution < -0.4 is 0 Å². The molecule has 0 aromatic rings. The van der Waals surface area contributed by atoms with Crippen molar-refractivity contribution in [1.29, 1.82) is 0 Å². The molecule has 0 fully saturated rings. The maximum Gasteiger partial charge on any atom is -0.0417 e. The van der Waals surface area contributed by atoms with Crippen molar-refractivity contribution in [2.24, 2.45) is 17.8 Å². The standard InChI is InChI=1S/C15H32/c1-6-14(4)15(5)12-10-8-7-9-11-13(2)3/h13-15H,6-12H2,1-5H3. The summed E-state index contributed by atoms with van der Waals surface area (Å²) in [5.41, 5.74) is 0. The lowest BCUT2D eigenvalue weighted by atomic mass is 9.89. The second-order valence-corrected chi connectivity index (χ2v) is 5.75. The van der Waals surface area contributed by atoms with Crippen LogP contribution in [-0.4, -0.2) is 0 Å². The average Bonchev–Trinajstić information content (AvgIpc) is 2.21. The van der Waals surface area contributed by atoms with Crippen molar-refractivity contribution < 1.29 is 0 Å². The molecular weight excluding hydrogens is 180 g/mol. The summed E-state index contributed by atoms with van der Waals surface area (Å²) in [6.07, 6.45) is 9.99. The van der Waals surface area contributed by atoms with E-state index in [0.29, 0.717) is 0 Å². The van der Waals surface area contributed by atoms with Crippen LogP contribution in [0.2, 0.25) is 0 Å². The van der Waals surface area contributed by atoms with Crippen molar-refractivity contribution in [2.45, 2.75) is 79.6 Å². The quantitative estimate of drug-likeness (QED) is 0.432. The van der Waals surface area contributed by atoms with E-state index < -0.39 is 0 Å². The molecular formula is C15H32. The largest absolute Gasteiger partial charge is 0.0651 e. The number of hydrogen-bond donors (Lipinski definition) is 0. The fraction of sp³-hybridized carbons (Fsp3) is 1.00. The summed E-state index contributed by atoms with van der Waals surface area (Å²) in [5.74, 6) is 2.74. The van der Waals surface area contributed by atoms with E-state index in [0.717, 1.165) is 17.8 Å². The van der Waals surface area contributed by atoms with Crippen LogP contribution >= 0.6 is 0 Å². The Kier molecular flexibility index (Phi) is 9.24. The van der Waals surface area contributed by atoms with Crippen molar-refractivity contribution in [3.63, 3.8) is 0 Å². The predicted octanol–water partition coefficient (Wildman–Crippen LogP) is 5.67. The van der Waals surface area contributed by atoms with E-state index in [4.69, 9.17) is 0 Å². The van der Waals surface area contributed by atoms with Gasteiger partial charge in [-0.1, -0.05) is 79.6 Å². The van der Waals surface area contributed by atoms with Gasteiger partial charge >= 0.3 is 0 Å². The Morgan fingerprint density at radius 3 is 1.67 bits per heavy atom. The molecule has 0 saturated carbocycles. The average molecular weight is 212 g/mol. The van der Waals surface area contributed by atoms with E-state index >= 15 is 0 Å². The molecule has 0 aliphatic heterocycles. The van der Waals surface area contributed by atoms with Gasteiger partial charge in [0.15, 0.2) is 0 Å². The molecule has 0 aromatic carbocycles. The highest BCUT2D eigenvalue weighted by molar-refractivity contribution is 4.60. The molecule has 0 nitrogen and oxygen atoms in total. The highest BCUT2D eigenvalue weighted by atomic mass is 14.1. The Balaban J connectivity index is 3.23. The van der Waals surface area contributed by atoms with E-state index in [9.17, 15) is 0 Å². The zero-order valence-electron chi connectivity index (χ0n) is 11.7. The minimum absolute atomic E-state index is 0.893. The summed E-state index contributed by atoms with van der Waals surface area (Å²) in [7, 11) is 0. The third kappa shape index (κ3) is 8.96. The molecule has 0 amide bonds. The van der Waals surface area contributed by atoms with Gasteiger partial charge < -0.3 is 0 Å². The first kappa shape index (κ1) is 15.0. The lowest BCUT2D eigenvalue weighted by molar-refractivity contribution is 0.341. The molecule has 2 atom stereocenters. The lowest BCUT2D eigenvalue weighted by Gasteiger charge is -2.17. The van der Waals surface area contributed by atoms with Gasteiger partial charge in [0.05, 0.1) is 0 Å². The van der Waals surface area contributed by atoms with Gasteiger partial charge in [-0.2, -0.15) is 0 Å². The van der Waals surface area contributed by atoms with E-state index in [2.05, 4.69) is 34.6 Å². The smallest absolute Gasteiger partial charge is 0.0417 e. The van der Waals surface area contributed by atoms with Crippen LogP contribution in [0.25, 0.3) is 0 Å². The van der Waals surface area contributed by atoms with E-state index in [1.165, 1.54) is 44.9 Å². The molecule has 0 spiro atoms. The van der Waals surface area contributed by atoms with Gasteiger partial charge in [-0.25, -0.2) is 0 Å². The molecule has 0 heteroatoms. The van der Waals surface area contributed by atoms with Gasteiger partial charge in [0.2, 0.25) is 0 Å². The molecule has 0 aliphatic rings.